The standard InChI is InChI=1S/C7H11N3OS/c1-3-11-10(2)7(12)6-8-4-5-9-6/h4-5H,3H2,1-2H3,(H,8,9). The van der Waals surface area contributed by atoms with Crippen molar-refractivity contribution in [1.82, 2.24) is 15.0 Å². The van der Waals surface area contributed by atoms with Crippen molar-refractivity contribution < 1.29 is 4.84 Å². The Kier molecular flexibility index (Phi) is 3.19. The molecule has 12 heavy (non-hydrogen) atoms. The highest BCUT2D eigenvalue weighted by molar-refractivity contribution is 7.80. The Morgan fingerprint density at radius 1 is 1.83 bits per heavy atom. The normalized spacial score (nSPS) is 9.83. The van der Waals surface area contributed by atoms with E-state index in [9.17, 15) is 0 Å². The molecule has 1 heterocycles. The second-order valence-electron chi connectivity index (χ2n) is 2.16. The third kappa shape index (κ3) is 2.02. The third-order valence-corrected chi connectivity index (χ3v) is 1.76. The zero-order valence-electron chi connectivity index (χ0n) is 7.07. The summed E-state index contributed by atoms with van der Waals surface area (Å²) in [4.78, 5) is 12.6. The van der Waals surface area contributed by atoms with Crippen molar-refractivity contribution in [3.05, 3.63) is 18.2 Å². The number of rotatable bonds is 3. The van der Waals surface area contributed by atoms with E-state index in [1.54, 1.807) is 19.4 Å². The first-order valence-electron chi connectivity index (χ1n) is 3.66. The number of nitrogens with zero attached hydrogens (tertiary/aromatic N) is 2. The molecule has 1 N–H and O–H groups in total. The number of hydrogen-bond donors (Lipinski definition) is 1. The molecule has 0 spiro atoms. The van der Waals surface area contributed by atoms with Gasteiger partial charge in [-0.1, -0.05) is 12.2 Å². The Bertz CT molecular complexity index is 247. The van der Waals surface area contributed by atoms with Crippen LogP contribution in [0.2, 0.25) is 0 Å². The average Bonchev–Trinajstić information content (AvgIpc) is 2.55. The summed E-state index contributed by atoms with van der Waals surface area (Å²) in [6, 6.07) is 0. The van der Waals surface area contributed by atoms with E-state index in [1.165, 1.54) is 5.06 Å². The summed E-state index contributed by atoms with van der Waals surface area (Å²) in [7, 11) is 1.76. The van der Waals surface area contributed by atoms with Crippen LogP contribution in [0.1, 0.15) is 12.7 Å². The lowest BCUT2D eigenvalue weighted by atomic mass is 10.6. The number of H-pyrrole nitrogens is 1. The van der Waals surface area contributed by atoms with Crippen LogP contribution in [-0.2, 0) is 4.84 Å². The summed E-state index contributed by atoms with van der Waals surface area (Å²) in [6.45, 7) is 2.50. The number of aromatic amines is 1. The Morgan fingerprint density at radius 2 is 2.58 bits per heavy atom. The quantitative estimate of drug-likeness (QED) is 0.562. The molecular formula is C7H11N3OS. The van der Waals surface area contributed by atoms with Crippen LogP contribution in [0, 0.1) is 0 Å². The minimum Gasteiger partial charge on any atom is -0.343 e. The highest BCUT2D eigenvalue weighted by Gasteiger charge is 2.08. The molecule has 0 radical (unpaired) electrons. The summed E-state index contributed by atoms with van der Waals surface area (Å²) in [5, 5.41) is 1.52. The highest BCUT2D eigenvalue weighted by atomic mass is 32.1. The van der Waals surface area contributed by atoms with Gasteiger partial charge in [0.05, 0.1) is 6.61 Å². The first-order valence-corrected chi connectivity index (χ1v) is 4.07. The van der Waals surface area contributed by atoms with Crippen LogP contribution in [0.25, 0.3) is 0 Å². The molecule has 1 aromatic heterocycles. The third-order valence-electron chi connectivity index (χ3n) is 1.31. The van der Waals surface area contributed by atoms with E-state index < -0.39 is 0 Å². The van der Waals surface area contributed by atoms with Crippen LogP contribution < -0.4 is 0 Å². The van der Waals surface area contributed by atoms with E-state index in [1.807, 2.05) is 6.92 Å². The number of hydrogen-bond acceptors (Lipinski definition) is 3. The predicted octanol–water partition coefficient (Wildman–Crippen LogP) is 0.968. The van der Waals surface area contributed by atoms with Crippen molar-refractivity contribution in [2.75, 3.05) is 13.7 Å². The molecule has 0 unspecified atom stereocenters. The maximum absolute atomic E-state index is 5.16. The number of thiocarbonyl (C=S) groups is 1. The number of hydroxylamine groups is 2. The summed E-state index contributed by atoms with van der Waals surface area (Å²) >= 11 is 5.07. The Balaban J connectivity index is 2.59. The van der Waals surface area contributed by atoms with Gasteiger partial charge in [0.1, 0.15) is 0 Å². The molecule has 1 rings (SSSR count). The molecule has 1 aromatic rings. The number of aromatic nitrogens is 2. The van der Waals surface area contributed by atoms with Gasteiger partial charge in [0.2, 0.25) is 0 Å². The highest BCUT2D eigenvalue weighted by Crippen LogP contribution is 1.98. The summed E-state index contributed by atoms with van der Waals surface area (Å²) < 4.78 is 0. The topological polar surface area (TPSA) is 41.1 Å². The summed E-state index contributed by atoms with van der Waals surface area (Å²) in [6.07, 6.45) is 3.38. The monoisotopic (exact) mass is 185 g/mol. The molecule has 0 saturated carbocycles. The molecule has 0 atom stereocenters. The maximum Gasteiger partial charge on any atom is 0.169 e. The SMILES string of the molecule is CCON(C)C(=S)c1ncc[nH]1. The average molecular weight is 185 g/mol. The second-order valence-corrected chi connectivity index (χ2v) is 2.54. The zero-order chi connectivity index (χ0) is 8.97. The first-order chi connectivity index (χ1) is 5.75. The van der Waals surface area contributed by atoms with Crippen LogP contribution >= 0.6 is 12.2 Å². The lowest BCUT2D eigenvalue weighted by molar-refractivity contribution is -0.0701. The minimum absolute atomic E-state index is 0.557. The van der Waals surface area contributed by atoms with Gasteiger partial charge < -0.3 is 4.98 Å². The molecular weight excluding hydrogens is 174 g/mol. The van der Waals surface area contributed by atoms with Crippen LogP contribution in [0.4, 0.5) is 0 Å². The molecule has 0 bridgehead atoms. The van der Waals surface area contributed by atoms with Crippen LogP contribution in [0.5, 0.6) is 0 Å². The number of nitrogens with one attached hydrogen (secondary N) is 1. The van der Waals surface area contributed by atoms with Crippen molar-refractivity contribution in [3.63, 3.8) is 0 Å². The molecule has 0 saturated heterocycles. The van der Waals surface area contributed by atoms with Crippen molar-refractivity contribution >= 4 is 17.2 Å². The van der Waals surface area contributed by atoms with Crippen molar-refractivity contribution in [1.29, 1.82) is 0 Å². The van der Waals surface area contributed by atoms with Gasteiger partial charge in [0.15, 0.2) is 10.8 Å². The van der Waals surface area contributed by atoms with Crippen molar-refractivity contribution in [2.45, 2.75) is 6.92 Å². The molecule has 0 aliphatic carbocycles. The van der Waals surface area contributed by atoms with Gasteiger partial charge in [0, 0.05) is 19.4 Å². The smallest absolute Gasteiger partial charge is 0.169 e. The van der Waals surface area contributed by atoms with Gasteiger partial charge in [-0.3, -0.25) is 4.84 Å². The summed E-state index contributed by atoms with van der Waals surface area (Å²) in [5.41, 5.74) is 0. The lowest BCUT2D eigenvalue weighted by Crippen LogP contribution is -2.26. The van der Waals surface area contributed by atoms with Gasteiger partial charge >= 0.3 is 0 Å². The van der Waals surface area contributed by atoms with E-state index in [0.29, 0.717) is 17.4 Å². The van der Waals surface area contributed by atoms with E-state index in [4.69, 9.17) is 17.1 Å². The maximum atomic E-state index is 5.16. The Hall–Kier alpha value is -0.940. The first kappa shape index (κ1) is 9.15. The molecule has 66 valence electrons. The van der Waals surface area contributed by atoms with E-state index in [-0.39, 0.29) is 0 Å². The Morgan fingerprint density at radius 3 is 3.08 bits per heavy atom. The fourth-order valence-corrected chi connectivity index (χ4v) is 0.948. The van der Waals surface area contributed by atoms with Gasteiger partial charge in [0.25, 0.3) is 0 Å². The van der Waals surface area contributed by atoms with Crippen molar-refractivity contribution in [3.8, 4) is 0 Å². The molecule has 0 amide bonds. The van der Waals surface area contributed by atoms with Crippen molar-refractivity contribution in [2.24, 2.45) is 0 Å². The second kappa shape index (κ2) is 4.18. The molecule has 0 fully saturated rings. The van der Waals surface area contributed by atoms with Crippen LogP contribution in [0.3, 0.4) is 0 Å². The summed E-state index contributed by atoms with van der Waals surface area (Å²) in [5.74, 6) is 0.654. The van der Waals surface area contributed by atoms with E-state index >= 15 is 0 Å². The zero-order valence-corrected chi connectivity index (χ0v) is 7.89. The fourth-order valence-electron chi connectivity index (χ4n) is 0.784. The predicted molar refractivity (Wildman–Crippen MR) is 49.7 cm³/mol. The van der Waals surface area contributed by atoms with Gasteiger partial charge in [-0.25, -0.2) is 10.0 Å². The van der Waals surface area contributed by atoms with Gasteiger partial charge in [-0.05, 0) is 6.92 Å². The van der Waals surface area contributed by atoms with Crippen LogP contribution in [0.15, 0.2) is 12.4 Å². The van der Waals surface area contributed by atoms with Gasteiger partial charge in [-0.2, -0.15) is 0 Å². The van der Waals surface area contributed by atoms with Gasteiger partial charge in [-0.15, -0.1) is 0 Å². The lowest BCUT2D eigenvalue weighted by Gasteiger charge is -2.16. The van der Waals surface area contributed by atoms with E-state index in [2.05, 4.69) is 9.97 Å². The molecule has 0 aromatic carbocycles. The minimum atomic E-state index is 0.557. The largest absolute Gasteiger partial charge is 0.343 e. The molecule has 0 aliphatic rings. The molecule has 0 aliphatic heterocycles. The van der Waals surface area contributed by atoms with E-state index in [0.717, 1.165) is 0 Å². The Labute approximate surface area is 76.5 Å². The number of imidazole rings is 1. The molecule has 4 nitrogen and oxygen atoms in total. The fraction of sp³-hybridized carbons (Fsp3) is 0.429. The van der Waals surface area contributed by atoms with Crippen LogP contribution in [-0.4, -0.2) is 33.7 Å². The molecule has 5 heteroatoms.